The summed E-state index contributed by atoms with van der Waals surface area (Å²) in [6, 6.07) is 27.4. The van der Waals surface area contributed by atoms with Crippen molar-refractivity contribution >= 4 is 18.0 Å². The average Bonchev–Trinajstić information content (AvgIpc) is 3.60. The maximum absolute atomic E-state index is 13.0. The van der Waals surface area contributed by atoms with Gasteiger partial charge in [-0.1, -0.05) is 107 Å². The first kappa shape index (κ1) is 36.3. The van der Waals surface area contributed by atoms with E-state index in [2.05, 4.69) is 42.4 Å². The maximum atomic E-state index is 13.0. The number of aromatic nitrogens is 1. The van der Waals surface area contributed by atoms with Crippen molar-refractivity contribution in [2.75, 3.05) is 11.4 Å². The fourth-order valence-electron chi connectivity index (χ4n) is 3.28. The number of hydrogen-bond acceptors (Lipinski definition) is 4. The zero-order valence-electron chi connectivity index (χ0n) is 25.1. The zero-order chi connectivity index (χ0) is 30.7. The van der Waals surface area contributed by atoms with Crippen LogP contribution in [0.4, 0.5) is 5.69 Å². The number of nitrogens with two attached hydrogens (primary N) is 1. The number of pyridine rings is 1. The molecular formula is C35H45N3O3. The summed E-state index contributed by atoms with van der Waals surface area (Å²) < 4.78 is 5.33. The normalized spacial score (nSPS) is 9.20. The van der Waals surface area contributed by atoms with E-state index in [0.717, 1.165) is 28.8 Å². The van der Waals surface area contributed by atoms with Crippen LogP contribution in [0.2, 0.25) is 0 Å². The van der Waals surface area contributed by atoms with E-state index in [9.17, 15) is 4.79 Å². The first-order chi connectivity index (χ1) is 20.1. The number of rotatable bonds is 8. The van der Waals surface area contributed by atoms with Crippen molar-refractivity contribution in [3.8, 4) is 11.1 Å². The van der Waals surface area contributed by atoms with Gasteiger partial charge >= 0.3 is 0 Å². The molecule has 0 unspecified atom stereocenters. The van der Waals surface area contributed by atoms with E-state index in [0.29, 0.717) is 18.7 Å². The standard InChI is InChI=1S/C25H25NO2.C5H5N.2C2H6.CH3NO/c1-3-4-9-20(2)17-18-26(25(27)24-12-8-19-28-24)23-15-13-22(14-16-23)21-10-6-5-7-11-21;1-2-4-6-5-3-1;2*1-2;2-1-3/h4-16,19H,2-3,17-18H2,1H3;1-5H;2*1-2H3;1H,(H2,2,3)/b9-4-;;;;. The first-order valence-electron chi connectivity index (χ1n) is 14.0. The number of benzene rings is 2. The smallest absolute Gasteiger partial charge is 0.293 e. The third kappa shape index (κ3) is 14.9. The number of nitrogens with zero attached hydrogens (tertiary/aromatic N) is 2. The van der Waals surface area contributed by atoms with E-state index in [1.54, 1.807) is 29.4 Å². The summed E-state index contributed by atoms with van der Waals surface area (Å²) in [6.07, 6.45) is 11.0. The van der Waals surface area contributed by atoms with Crippen LogP contribution in [0.25, 0.3) is 11.1 Å². The van der Waals surface area contributed by atoms with Gasteiger partial charge in [-0.15, -0.1) is 0 Å². The monoisotopic (exact) mass is 555 g/mol. The van der Waals surface area contributed by atoms with Gasteiger partial charge in [0.15, 0.2) is 5.76 Å². The molecule has 0 fully saturated rings. The lowest BCUT2D eigenvalue weighted by Gasteiger charge is -2.22. The molecule has 0 aliphatic rings. The Kier molecular flexibility index (Phi) is 21.5. The third-order valence-electron chi connectivity index (χ3n) is 5.08. The quantitative estimate of drug-likeness (QED) is 0.174. The van der Waals surface area contributed by atoms with Gasteiger partial charge in [-0.05, 0) is 60.4 Å². The van der Waals surface area contributed by atoms with Crippen LogP contribution in [0.5, 0.6) is 0 Å². The lowest BCUT2D eigenvalue weighted by atomic mass is 10.1. The highest BCUT2D eigenvalue weighted by molar-refractivity contribution is 6.04. The number of carbonyl (C=O) groups is 2. The third-order valence-corrected chi connectivity index (χ3v) is 5.08. The van der Waals surface area contributed by atoms with Crippen molar-refractivity contribution in [1.82, 2.24) is 4.98 Å². The second kappa shape index (κ2) is 24.3. The summed E-state index contributed by atoms with van der Waals surface area (Å²) >= 11 is 0. The number of hydrogen-bond donors (Lipinski definition) is 1. The van der Waals surface area contributed by atoms with E-state index in [4.69, 9.17) is 9.21 Å². The molecule has 4 aromatic rings. The lowest BCUT2D eigenvalue weighted by molar-refractivity contribution is -0.106. The minimum absolute atomic E-state index is 0.148. The first-order valence-corrected chi connectivity index (χ1v) is 14.0. The zero-order valence-corrected chi connectivity index (χ0v) is 25.1. The molecule has 4 rings (SSSR count). The molecule has 0 aliphatic heterocycles. The molecule has 2 N–H and O–H groups in total. The molecule has 2 heterocycles. The molecule has 218 valence electrons. The minimum atomic E-state index is -0.148. The molecule has 6 nitrogen and oxygen atoms in total. The largest absolute Gasteiger partial charge is 0.459 e. The molecule has 0 spiro atoms. The van der Waals surface area contributed by atoms with Crippen LogP contribution in [0.3, 0.4) is 0 Å². The molecular weight excluding hydrogens is 510 g/mol. The Morgan fingerprint density at radius 2 is 1.44 bits per heavy atom. The lowest BCUT2D eigenvalue weighted by Crippen LogP contribution is -2.31. The molecule has 0 bridgehead atoms. The second-order valence-corrected chi connectivity index (χ2v) is 7.73. The van der Waals surface area contributed by atoms with Gasteiger partial charge in [0.25, 0.3) is 5.91 Å². The molecule has 0 saturated carbocycles. The maximum Gasteiger partial charge on any atom is 0.293 e. The summed E-state index contributed by atoms with van der Waals surface area (Å²) in [4.78, 5) is 27.1. The highest BCUT2D eigenvalue weighted by atomic mass is 16.3. The van der Waals surface area contributed by atoms with E-state index in [1.165, 1.54) is 6.26 Å². The minimum Gasteiger partial charge on any atom is -0.459 e. The van der Waals surface area contributed by atoms with Crippen molar-refractivity contribution in [3.63, 3.8) is 0 Å². The summed E-state index contributed by atoms with van der Waals surface area (Å²) in [5.41, 5.74) is 8.27. The van der Waals surface area contributed by atoms with Gasteiger partial charge in [-0.25, -0.2) is 0 Å². The summed E-state index contributed by atoms with van der Waals surface area (Å²) in [6.45, 7) is 14.7. The van der Waals surface area contributed by atoms with Crippen molar-refractivity contribution < 1.29 is 14.0 Å². The average molecular weight is 556 g/mol. The number of carbonyl (C=O) groups excluding carboxylic acids is 2. The van der Waals surface area contributed by atoms with E-state index in [-0.39, 0.29) is 12.3 Å². The molecule has 0 atom stereocenters. The van der Waals surface area contributed by atoms with Gasteiger partial charge in [0.1, 0.15) is 0 Å². The van der Waals surface area contributed by atoms with Gasteiger partial charge in [-0.3, -0.25) is 14.6 Å². The molecule has 41 heavy (non-hydrogen) atoms. The van der Waals surface area contributed by atoms with Gasteiger partial charge in [0, 0.05) is 24.6 Å². The summed E-state index contributed by atoms with van der Waals surface area (Å²) in [5, 5.41) is 0. The fraction of sp³-hybridized carbons (Fsp3) is 0.229. The van der Waals surface area contributed by atoms with Crippen LogP contribution < -0.4 is 10.6 Å². The van der Waals surface area contributed by atoms with E-state index in [1.807, 2.05) is 94.4 Å². The van der Waals surface area contributed by atoms with Crippen LogP contribution in [0, 0.1) is 0 Å². The van der Waals surface area contributed by atoms with Gasteiger partial charge in [-0.2, -0.15) is 0 Å². The number of amides is 2. The number of anilines is 1. The van der Waals surface area contributed by atoms with Crippen molar-refractivity contribution in [2.24, 2.45) is 5.73 Å². The molecule has 2 aromatic carbocycles. The number of furan rings is 1. The molecule has 6 heteroatoms. The van der Waals surface area contributed by atoms with Crippen molar-refractivity contribution in [3.05, 3.63) is 134 Å². The van der Waals surface area contributed by atoms with E-state index < -0.39 is 0 Å². The van der Waals surface area contributed by atoms with Crippen LogP contribution in [0.1, 0.15) is 58.0 Å². The highest BCUT2D eigenvalue weighted by Crippen LogP contribution is 2.25. The number of primary amides is 1. The van der Waals surface area contributed by atoms with Crippen LogP contribution in [-0.2, 0) is 4.79 Å². The molecule has 2 amide bonds. The number of allylic oxidation sites excluding steroid dienone is 2. The van der Waals surface area contributed by atoms with Crippen LogP contribution >= 0.6 is 0 Å². The Morgan fingerprint density at radius 1 is 0.878 bits per heavy atom. The van der Waals surface area contributed by atoms with Gasteiger partial charge in [0.05, 0.1) is 6.26 Å². The SMILES string of the molecule is C=C(/C=C\CC)CCN(C(=O)c1ccco1)c1ccc(-c2ccccc2)cc1.CC.CC.NC=O.c1ccncc1. The Bertz CT molecular complexity index is 1180. The summed E-state index contributed by atoms with van der Waals surface area (Å²) in [5.74, 6) is 0.187. The molecule has 0 aliphatic carbocycles. The molecule has 0 radical (unpaired) electrons. The predicted molar refractivity (Wildman–Crippen MR) is 173 cm³/mol. The highest BCUT2D eigenvalue weighted by Gasteiger charge is 2.20. The Balaban J connectivity index is 0.00000103. The fourth-order valence-corrected chi connectivity index (χ4v) is 3.28. The molecule has 0 saturated heterocycles. The van der Waals surface area contributed by atoms with Crippen molar-refractivity contribution in [1.29, 1.82) is 0 Å². The second-order valence-electron chi connectivity index (χ2n) is 7.73. The van der Waals surface area contributed by atoms with Gasteiger partial charge in [0.2, 0.25) is 6.41 Å². The predicted octanol–water partition coefficient (Wildman–Crippen LogP) is 8.74. The Morgan fingerprint density at radius 3 is 1.90 bits per heavy atom. The topological polar surface area (TPSA) is 89.4 Å². The Labute approximate surface area is 246 Å². The van der Waals surface area contributed by atoms with Crippen LogP contribution in [0.15, 0.2) is 132 Å². The van der Waals surface area contributed by atoms with Crippen molar-refractivity contribution in [2.45, 2.75) is 47.5 Å². The molecule has 2 aromatic heterocycles. The van der Waals surface area contributed by atoms with Crippen LogP contribution in [-0.4, -0.2) is 23.8 Å². The summed E-state index contributed by atoms with van der Waals surface area (Å²) in [7, 11) is 0. The Hall–Kier alpha value is -4.71. The van der Waals surface area contributed by atoms with E-state index >= 15 is 0 Å². The van der Waals surface area contributed by atoms with Gasteiger partial charge < -0.3 is 15.1 Å².